The molecule has 0 bridgehead atoms. The average molecular weight is 293 g/mol. The lowest BCUT2D eigenvalue weighted by Gasteiger charge is -2.44. The van der Waals surface area contributed by atoms with Gasteiger partial charge in [-0.1, -0.05) is 11.6 Å². The molecule has 1 aromatic rings. The fourth-order valence-electron chi connectivity index (χ4n) is 2.51. The van der Waals surface area contributed by atoms with Gasteiger partial charge in [-0.25, -0.2) is 13.5 Å². The second-order valence-corrected chi connectivity index (χ2v) is 5.41. The van der Waals surface area contributed by atoms with Gasteiger partial charge in [-0.15, -0.1) is 0 Å². The largest absolute Gasteiger partial charge is 0.395 e. The normalized spacial score (nSPS) is 28.3. The summed E-state index contributed by atoms with van der Waals surface area (Å²) in [7, 11) is 0. The quantitative estimate of drug-likeness (QED) is 0.895. The van der Waals surface area contributed by atoms with E-state index in [4.69, 9.17) is 22.1 Å². The smallest absolute Gasteiger partial charge is 0.272 e. The summed E-state index contributed by atoms with van der Waals surface area (Å²) in [5.74, 6) is -2.83. The van der Waals surface area contributed by atoms with Crippen LogP contribution < -0.4 is 5.73 Å². The average Bonchev–Trinajstić information content (AvgIpc) is 2.60. The lowest BCUT2D eigenvalue weighted by Crippen LogP contribution is -2.57. The van der Waals surface area contributed by atoms with E-state index in [1.54, 1.807) is 0 Å². The van der Waals surface area contributed by atoms with Crippen LogP contribution >= 0.6 is 11.6 Å². The predicted molar refractivity (Wildman–Crippen MR) is 66.4 cm³/mol. The Kier molecular flexibility index (Phi) is 3.15. The summed E-state index contributed by atoms with van der Waals surface area (Å²) >= 11 is 5.94. The van der Waals surface area contributed by atoms with E-state index in [0.717, 1.165) is 4.68 Å². The molecule has 1 aromatic heterocycles. The molecular formula is C11H15ClF2N4O. The summed E-state index contributed by atoms with van der Waals surface area (Å²) < 4.78 is 34.4. The van der Waals surface area contributed by atoms with E-state index in [2.05, 4.69) is 5.10 Å². The van der Waals surface area contributed by atoms with Crippen molar-refractivity contribution in [2.24, 2.45) is 0 Å². The zero-order chi connectivity index (χ0) is 13.6. The van der Waals surface area contributed by atoms with Gasteiger partial charge in [0.15, 0.2) is 5.15 Å². The molecule has 1 unspecified atom stereocenters. The highest BCUT2D eigenvalue weighted by Gasteiger charge is 2.48. The van der Waals surface area contributed by atoms with Crippen LogP contribution in [0.3, 0.4) is 0 Å². The number of aromatic nitrogens is 2. The number of hydrogen-bond acceptors (Lipinski definition) is 4. The Morgan fingerprint density at radius 1 is 1.47 bits per heavy atom. The number of ether oxygens (including phenoxy) is 1. The van der Waals surface area contributed by atoms with Gasteiger partial charge in [-0.2, -0.15) is 5.10 Å². The fraction of sp³-hybridized carbons (Fsp3) is 0.727. The molecule has 106 valence electrons. The molecule has 19 heavy (non-hydrogen) atoms. The van der Waals surface area contributed by atoms with Crippen molar-refractivity contribution in [2.45, 2.75) is 24.4 Å². The van der Waals surface area contributed by atoms with E-state index in [9.17, 15) is 8.78 Å². The van der Waals surface area contributed by atoms with Gasteiger partial charge in [0.05, 0.1) is 31.1 Å². The molecule has 5 nitrogen and oxygen atoms in total. The fourth-order valence-corrected chi connectivity index (χ4v) is 2.72. The Hall–Kier alpha value is -0.920. The minimum absolute atomic E-state index is 0.0800. The lowest BCUT2D eigenvalue weighted by molar-refractivity contribution is -0.140. The zero-order valence-corrected chi connectivity index (χ0v) is 11.0. The maximum Gasteiger partial charge on any atom is 0.272 e. The monoisotopic (exact) mass is 292 g/mol. The van der Waals surface area contributed by atoms with E-state index in [0.29, 0.717) is 19.8 Å². The number of anilines is 1. The number of alkyl halides is 2. The molecule has 2 saturated heterocycles. The van der Waals surface area contributed by atoms with Crippen LogP contribution in [-0.2, 0) is 4.74 Å². The molecule has 0 radical (unpaired) electrons. The third-order valence-corrected chi connectivity index (χ3v) is 4.21. The second-order valence-electron chi connectivity index (χ2n) is 5.05. The van der Waals surface area contributed by atoms with Gasteiger partial charge in [-0.05, 0) is 0 Å². The second kappa shape index (κ2) is 4.57. The van der Waals surface area contributed by atoms with Crippen molar-refractivity contribution in [1.82, 2.24) is 14.7 Å². The summed E-state index contributed by atoms with van der Waals surface area (Å²) in [6.07, 6.45) is 1.11. The van der Waals surface area contributed by atoms with E-state index in [1.807, 2.05) is 4.90 Å². The molecule has 0 aliphatic carbocycles. The van der Waals surface area contributed by atoms with Crippen LogP contribution in [0.5, 0.6) is 0 Å². The highest BCUT2D eigenvalue weighted by atomic mass is 35.5. The van der Waals surface area contributed by atoms with E-state index in [1.165, 1.54) is 6.20 Å². The number of rotatable bonds is 2. The molecule has 1 atom stereocenters. The van der Waals surface area contributed by atoms with Gasteiger partial charge >= 0.3 is 0 Å². The molecular weight excluding hydrogens is 278 g/mol. The van der Waals surface area contributed by atoms with Crippen LogP contribution in [0.25, 0.3) is 0 Å². The van der Waals surface area contributed by atoms with Crippen molar-refractivity contribution in [3.63, 3.8) is 0 Å². The van der Waals surface area contributed by atoms with Gasteiger partial charge in [-0.3, -0.25) is 4.90 Å². The topological polar surface area (TPSA) is 56.3 Å². The van der Waals surface area contributed by atoms with Crippen LogP contribution in [0.2, 0.25) is 5.15 Å². The number of nitrogens with zero attached hydrogens (tertiary/aromatic N) is 3. The lowest BCUT2D eigenvalue weighted by atomic mass is 9.99. The molecule has 2 N–H and O–H groups in total. The maximum atomic E-state index is 14.1. The molecule has 0 amide bonds. The zero-order valence-electron chi connectivity index (χ0n) is 10.2. The van der Waals surface area contributed by atoms with Gasteiger partial charge in [0, 0.05) is 19.5 Å². The number of nitrogens with two attached hydrogens (primary N) is 1. The van der Waals surface area contributed by atoms with Crippen LogP contribution in [0.1, 0.15) is 12.5 Å². The molecule has 3 heterocycles. The Labute approximate surface area is 114 Å². The molecule has 8 heteroatoms. The summed E-state index contributed by atoms with van der Waals surface area (Å²) in [6.45, 7) is 1.79. The first-order valence-corrected chi connectivity index (χ1v) is 6.55. The summed E-state index contributed by atoms with van der Waals surface area (Å²) in [5, 5.41) is 3.97. The van der Waals surface area contributed by atoms with Gasteiger partial charge in [0.25, 0.3) is 5.92 Å². The van der Waals surface area contributed by atoms with Crippen molar-refractivity contribution in [3.8, 4) is 0 Å². The van der Waals surface area contributed by atoms with Crippen molar-refractivity contribution >= 4 is 17.3 Å². The van der Waals surface area contributed by atoms with Crippen LogP contribution in [-0.4, -0.2) is 52.9 Å². The summed E-state index contributed by atoms with van der Waals surface area (Å²) in [4.78, 5) is 2.01. The first-order valence-electron chi connectivity index (χ1n) is 6.17. The Balaban J connectivity index is 1.85. The molecule has 0 spiro atoms. The molecule has 3 rings (SSSR count). The highest BCUT2D eigenvalue weighted by Crippen LogP contribution is 2.39. The first kappa shape index (κ1) is 13.1. The minimum Gasteiger partial charge on any atom is -0.395 e. The van der Waals surface area contributed by atoms with E-state index < -0.39 is 12.0 Å². The number of piperidine rings is 1. The number of hydrogen-bond donors (Lipinski definition) is 1. The molecule has 0 aromatic carbocycles. The van der Waals surface area contributed by atoms with Gasteiger partial charge in [0.1, 0.15) is 6.04 Å². The van der Waals surface area contributed by atoms with Gasteiger partial charge < -0.3 is 10.5 Å². The summed E-state index contributed by atoms with van der Waals surface area (Å²) in [6, 6.07) is -0.850. The SMILES string of the molecule is Nc1cnn(C2CN(C3COC3)CCC2(F)F)c1Cl. The molecule has 2 aliphatic heterocycles. The highest BCUT2D eigenvalue weighted by molar-refractivity contribution is 6.32. The Morgan fingerprint density at radius 2 is 2.21 bits per heavy atom. The third kappa shape index (κ3) is 2.19. The van der Waals surface area contributed by atoms with Crippen LogP contribution in [0, 0.1) is 0 Å². The van der Waals surface area contributed by atoms with E-state index in [-0.39, 0.29) is 29.8 Å². The molecule has 2 aliphatic rings. The Bertz CT molecular complexity index is 477. The number of nitrogen functional groups attached to an aromatic ring is 1. The van der Waals surface area contributed by atoms with Crippen molar-refractivity contribution in [3.05, 3.63) is 11.3 Å². The third-order valence-electron chi connectivity index (χ3n) is 3.82. The first-order chi connectivity index (χ1) is 8.99. The van der Waals surface area contributed by atoms with Crippen molar-refractivity contribution < 1.29 is 13.5 Å². The van der Waals surface area contributed by atoms with E-state index >= 15 is 0 Å². The number of likely N-dealkylation sites (tertiary alicyclic amines) is 1. The Morgan fingerprint density at radius 3 is 2.74 bits per heavy atom. The summed E-state index contributed by atoms with van der Waals surface area (Å²) in [5.41, 5.74) is 5.80. The van der Waals surface area contributed by atoms with Crippen molar-refractivity contribution in [2.75, 3.05) is 32.0 Å². The number of halogens is 3. The maximum absolute atomic E-state index is 14.1. The minimum atomic E-state index is -2.83. The van der Waals surface area contributed by atoms with Crippen molar-refractivity contribution in [1.29, 1.82) is 0 Å². The molecule has 0 saturated carbocycles. The van der Waals surface area contributed by atoms with Gasteiger partial charge in [0.2, 0.25) is 0 Å². The predicted octanol–water partition coefficient (Wildman–Crippen LogP) is 1.40. The van der Waals surface area contributed by atoms with Crippen LogP contribution in [0.4, 0.5) is 14.5 Å². The standard InChI is InChI=1S/C11H15ClF2N4O/c12-10-8(15)3-16-18(10)9-4-17(7-5-19-6-7)2-1-11(9,13)14/h3,7,9H,1-2,4-6,15H2. The van der Waals surface area contributed by atoms with Crippen LogP contribution in [0.15, 0.2) is 6.20 Å². The molecule has 2 fully saturated rings.